The van der Waals surface area contributed by atoms with Crippen LogP contribution in [0.1, 0.15) is 59.8 Å². The van der Waals surface area contributed by atoms with E-state index in [0.717, 1.165) is 12.3 Å². The molecule has 0 heterocycles. The van der Waals surface area contributed by atoms with Gasteiger partial charge < -0.3 is 5.32 Å². The van der Waals surface area contributed by atoms with Crippen LogP contribution in [0.2, 0.25) is 0 Å². The predicted molar refractivity (Wildman–Crippen MR) is 73.0 cm³/mol. The SMILES string of the molecule is CC(C)[C@]1(NC=O)CC2[C@@]3(C)CC[C@]2(C)CC1C3. The highest BCUT2D eigenvalue weighted by atomic mass is 16.1. The lowest BCUT2D eigenvalue weighted by Gasteiger charge is -2.63. The second kappa shape index (κ2) is 3.52. The Bertz CT molecular complexity index is 359. The van der Waals surface area contributed by atoms with Crippen molar-refractivity contribution in [2.75, 3.05) is 0 Å². The van der Waals surface area contributed by atoms with Crippen LogP contribution >= 0.6 is 0 Å². The lowest BCUT2D eigenvalue weighted by atomic mass is 9.45. The molecule has 0 aromatic rings. The quantitative estimate of drug-likeness (QED) is 0.763. The van der Waals surface area contributed by atoms with Crippen LogP contribution in [0.3, 0.4) is 0 Å². The van der Waals surface area contributed by atoms with Crippen molar-refractivity contribution in [1.29, 1.82) is 0 Å². The van der Waals surface area contributed by atoms with Crippen molar-refractivity contribution in [2.45, 2.75) is 65.3 Å². The van der Waals surface area contributed by atoms with Crippen molar-refractivity contribution in [2.24, 2.45) is 28.6 Å². The highest BCUT2D eigenvalue weighted by Gasteiger charge is 2.66. The van der Waals surface area contributed by atoms with E-state index in [-0.39, 0.29) is 5.54 Å². The number of carbonyl (C=O) groups is 1. The zero-order chi connectivity index (χ0) is 13.2. The van der Waals surface area contributed by atoms with E-state index in [1.807, 2.05) is 0 Å². The van der Waals surface area contributed by atoms with Crippen LogP contribution in [0.4, 0.5) is 0 Å². The van der Waals surface area contributed by atoms with Crippen molar-refractivity contribution in [3.63, 3.8) is 0 Å². The molecule has 4 rings (SSSR count). The molecule has 0 radical (unpaired) electrons. The number of amides is 1. The van der Waals surface area contributed by atoms with E-state index in [2.05, 4.69) is 33.0 Å². The molecule has 4 fully saturated rings. The highest BCUT2D eigenvalue weighted by Crippen LogP contribution is 2.71. The average molecular weight is 249 g/mol. The molecule has 18 heavy (non-hydrogen) atoms. The molecule has 2 unspecified atom stereocenters. The van der Waals surface area contributed by atoms with Crippen LogP contribution in [-0.2, 0) is 4.79 Å². The third-order valence-electron chi connectivity index (χ3n) is 7.00. The Kier molecular flexibility index (Phi) is 2.44. The minimum atomic E-state index is 0.0791. The Hall–Kier alpha value is -0.530. The summed E-state index contributed by atoms with van der Waals surface area (Å²) in [5.41, 5.74) is 1.19. The van der Waals surface area contributed by atoms with E-state index in [4.69, 9.17) is 0 Å². The van der Waals surface area contributed by atoms with Gasteiger partial charge in [0.05, 0.1) is 0 Å². The zero-order valence-corrected chi connectivity index (χ0v) is 12.3. The molecule has 0 spiro atoms. The Morgan fingerprint density at radius 2 is 1.67 bits per heavy atom. The highest BCUT2D eigenvalue weighted by molar-refractivity contribution is 5.49. The Balaban J connectivity index is 1.99. The maximum atomic E-state index is 11.1. The Labute approximate surface area is 111 Å². The smallest absolute Gasteiger partial charge is 0.207 e. The molecule has 102 valence electrons. The van der Waals surface area contributed by atoms with E-state index >= 15 is 0 Å². The summed E-state index contributed by atoms with van der Waals surface area (Å²) in [4.78, 5) is 11.1. The Morgan fingerprint density at radius 3 is 2.06 bits per heavy atom. The lowest BCUT2D eigenvalue weighted by Crippen LogP contribution is -2.66. The number of nitrogens with one attached hydrogen (secondary N) is 1. The number of fused-ring (bicyclic) bond motifs is 1. The second-order valence-corrected chi connectivity index (χ2v) is 8.13. The van der Waals surface area contributed by atoms with E-state index in [9.17, 15) is 4.79 Å². The molecule has 0 aromatic heterocycles. The summed E-state index contributed by atoms with van der Waals surface area (Å²) in [6, 6.07) is 0. The van der Waals surface area contributed by atoms with Gasteiger partial charge in [-0.2, -0.15) is 0 Å². The summed E-state index contributed by atoms with van der Waals surface area (Å²) in [5.74, 6) is 2.04. The summed E-state index contributed by atoms with van der Waals surface area (Å²) in [5, 5.41) is 3.25. The molecular weight excluding hydrogens is 222 g/mol. The molecule has 1 N–H and O–H groups in total. The van der Waals surface area contributed by atoms with Crippen molar-refractivity contribution < 1.29 is 4.79 Å². The van der Waals surface area contributed by atoms with Gasteiger partial charge in [0.25, 0.3) is 0 Å². The van der Waals surface area contributed by atoms with Crippen LogP contribution in [0.25, 0.3) is 0 Å². The fourth-order valence-corrected chi connectivity index (χ4v) is 5.97. The van der Waals surface area contributed by atoms with E-state index in [0.29, 0.717) is 22.7 Å². The van der Waals surface area contributed by atoms with Crippen molar-refractivity contribution in [3.8, 4) is 0 Å². The molecule has 4 saturated carbocycles. The summed E-state index contributed by atoms with van der Waals surface area (Å²) in [6.07, 6.45) is 7.62. The van der Waals surface area contributed by atoms with Crippen molar-refractivity contribution in [1.82, 2.24) is 5.32 Å². The molecule has 5 atom stereocenters. The summed E-state index contributed by atoms with van der Waals surface area (Å²) in [6.45, 7) is 9.56. The summed E-state index contributed by atoms with van der Waals surface area (Å²) < 4.78 is 0. The fourth-order valence-electron chi connectivity index (χ4n) is 5.97. The predicted octanol–water partition coefficient (Wildman–Crippen LogP) is 3.36. The van der Waals surface area contributed by atoms with Crippen LogP contribution < -0.4 is 5.32 Å². The van der Waals surface area contributed by atoms with E-state index in [1.54, 1.807) is 0 Å². The molecular formula is C16H27NO. The van der Waals surface area contributed by atoms with Gasteiger partial charge in [-0.25, -0.2) is 0 Å². The van der Waals surface area contributed by atoms with Gasteiger partial charge in [0.2, 0.25) is 6.41 Å². The van der Waals surface area contributed by atoms with Gasteiger partial charge in [-0.1, -0.05) is 27.7 Å². The Morgan fingerprint density at radius 1 is 1.11 bits per heavy atom. The van der Waals surface area contributed by atoms with Crippen LogP contribution in [0.5, 0.6) is 0 Å². The molecule has 0 aromatic carbocycles. The minimum absolute atomic E-state index is 0.0791. The van der Waals surface area contributed by atoms with Crippen molar-refractivity contribution >= 4 is 6.41 Å². The number of carbonyl (C=O) groups excluding carboxylic acids is 1. The standard InChI is InChI=1S/C16H27NO/c1-11(2)16(17-10-18)9-13-14(3)5-6-15(13,4)8-12(16)7-14/h10-13H,5-9H2,1-4H3,(H,17,18)/t12?,13?,14-,15+,16-/m1/s1. The molecule has 2 heteroatoms. The summed E-state index contributed by atoms with van der Waals surface area (Å²) in [7, 11) is 0. The van der Waals surface area contributed by atoms with Crippen LogP contribution in [0.15, 0.2) is 0 Å². The van der Waals surface area contributed by atoms with Gasteiger partial charge in [-0.05, 0) is 60.7 Å². The van der Waals surface area contributed by atoms with Crippen molar-refractivity contribution in [3.05, 3.63) is 0 Å². The average Bonchev–Trinajstić information content (AvgIpc) is 2.46. The van der Waals surface area contributed by atoms with Gasteiger partial charge in [-0.3, -0.25) is 4.79 Å². The van der Waals surface area contributed by atoms with Crippen LogP contribution in [0, 0.1) is 28.6 Å². The van der Waals surface area contributed by atoms with E-state index in [1.165, 1.54) is 32.1 Å². The maximum Gasteiger partial charge on any atom is 0.207 e. The van der Waals surface area contributed by atoms with Gasteiger partial charge >= 0.3 is 0 Å². The maximum absolute atomic E-state index is 11.1. The largest absolute Gasteiger partial charge is 0.353 e. The minimum Gasteiger partial charge on any atom is -0.353 e. The lowest BCUT2D eigenvalue weighted by molar-refractivity contribution is -0.129. The number of rotatable bonds is 3. The van der Waals surface area contributed by atoms with E-state index < -0.39 is 0 Å². The topological polar surface area (TPSA) is 29.1 Å². The first-order valence-electron chi connectivity index (χ1n) is 7.58. The molecule has 4 bridgehead atoms. The molecule has 4 aliphatic rings. The second-order valence-electron chi connectivity index (χ2n) is 8.13. The molecule has 2 nitrogen and oxygen atoms in total. The third kappa shape index (κ3) is 1.32. The van der Waals surface area contributed by atoms with Gasteiger partial charge in [0, 0.05) is 5.54 Å². The fraction of sp³-hybridized carbons (Fsp3) is 0.938. The monoisotopic (exact) mass is 249 g/mol. The third-order valence-corrected chi connectivity index (χ3v) is 7.00. The molecule has 0 saturated heterocycles. The molecule has 0 aliphatic heterocycles. The normalized spacial score (nSPS) is 53.8. The number of hydrogen-bond acceptors (Lipinski definition) is 1. The first-order chi connectivity index (χ1) is 8.36. The number of hydrogen-bond donors (Lipinski definition) is 1. The zero-order valence-electron chi connectivity index (χ0n) is 12.3. The first kappa shape index (κ1) is 12.5. The van der Waals surface area contributed by atoms with Gasteiger partial charge in [0.15, 0.2) is 0 Å². The molecule has 1 amide bonds. The summed E-state index contributed by atoms with van der Waals surface area (Å²) >= 11 is 0. The van der Waals surface area contributed by atoms with Crippen LogP contribution in [-0.4, -0.2) is 11.9 Å². The van der Waals surface area contributed by atoms with Gasteiger partial charge in [0.1, 0.15) is 0 Å². The molecule has 4 aliphatic carbocycles. The van der Waals surface area contributed by atoms with Gasteiger partial charge in [-0.15, -0.1) is 0 Å². The first-order valence-corrected chi connectivity index (χ1v) is 7.58.